The zero-order chi connectivity index (χ0) is 17.5. The first-order valence-corrected chi connectivity index (χ1v) is 7.24. The fourth-order valence-electron chi connectivity index (χ4n) is 2.30. The molecule has 128 valence electrons. The second kappa shape index (κ2) is 8.00. The van der Waals surface area contributed by atoms with Crippen molar-refractivity contribution < 1.29 is 24.2 Å². The Hall–Kier alpha value is -3.03. The van der Waals surface area contributed by atoms with Crippen LogP contribution in [0.5, 0.6) is 11.5 Å². The number of carboxylic acids is 1. The first kappa shape index (κ1) is 17.3. The third-order valence-electron chi connectivity index (χ3n) is 3.39. The molecule has 1 aromatic heterocycles. The molecule has 0 radical (unpaired) electrons. The van der Waals surface area contributed by atoms with Gasteiger partial charge in [0.15, 0.2) is 0 Å². The molecule has 0 aliphatic carbocycles. The quantitative estimate of drug-likeness (QED) is 0.753. The Balaban J connectivity index is 2.21. The van der Waals surface area contributed by atoms with E-state index in [2.05, 4.69) is 10.4 Å². The lowest BCUT2D eigenvalue weighted by Crippen LogP contribution is -2.33. The van der Waals surface area contributed by atoms with Crippen LogP contribution < -0.4 is 14.8 Å². The summed E-state index contributed by atoms with van der Waals surface area (Å²) in [6, 6.07) is 5.98. The number of hydrogen-bond donors (Lipinski definition) is 2. The molecule has 2 rings (SSSR count). The molecule has 0 spiro atoms. The van der Waals surface area contributed by atoms with Crippen molar-refractivity contribution >= 4 is 11.9 Å². The van der Waals surface area contributed by atoms with Crippen LogP contribution in [0.1, 0.15) is 18.0 Å². The molecule has 0 saturated heterocycles. The highest BCUT2D eigenvalue weighted by Crippen LogP contribution is 2.31. The predicted octanol–water partition coefficient (Wildman–Crippen LogP) is 1.23. The van der Waals surface area contributed by atoms with E-state index in [0.29, 0.717) is 17.1 Å². The molecule has 2 N–H and O–H groups in total. The summed E-state index contributed by atoms with van der Waals surface area (Å²) >= 11 is 0. The molecule has 8 nitrogen and oxygen atoms in total. The van der Waals surface area contributed by atoms with Crippen molar-refractivity contribution in [1.29, 1.82) is 0 Å². The van der Waals surface area contributed by atoms with Gasteiger partial charge in [0.1, 0.15) is 18.0 Å². The van der Waals surface area contributed by atoms with Gasteiger partial charge < -0.3 is 19.9 Å². The number of rotatable bonds is 8. The standard InChI is InChI=1S/C16H19N3O5/c1-23-11-4-5-12(14(8-11)24-2)13(9-16(21)22)18-15(20)10-19-7-3-6-17-19/h3-8,13H,9-10H2,1-2H3,(H,18,20)(H,21,22). The third kappa shape index (κ3) is 4.48. The molecule has 0 fully saturated rings. The molecular weight excluding hydrogens is 314 g/mol. The molecule has 1 amide bonds. The fraction of sp³-hybridized carbons (Fsp3) is 0.312. The Morgan fingerprint density at radius 3 is 2.71 bits per heavy atom. The molecule has 1 atom stereocenters. The summed E-state index contributed by atoms with van der Waals surface area (Å²) in [5.74, 6) is -0.354. The molecule has 1 aromatic carbocycles. The molecule has 0 bridgehead atoms. The molecule has 1 heterocycles. The third-order valence-corrected chi connectivity index (χ3v) is 3.39. The number of amides is 1. The number of methoxy groups -OCH3 is 2. The summed E-state index contributed by atoms with van der Waals surface area (Å²) in [4.78, 5) is 23.3. The molecule has 0 aliphatic rings. The van der Waals surface area contributed by atoms with Gasteiger partial charge in [0.2, 0.25) is 5.91 Å². The maximum Gasteiger partial charge on any atom is 0.305 e. The van der Waals surface area contributed by atoms with E-state index in [9.17, 15) is 9.59 Å². The van der Waals surface area contributed by atoms with Crippen molar-refractivity contribution in [2.75, 3.05) is 14.2 Å². The summed E-state index contributed by atoms with van der Waals surface area (Å²) in [5, 5.41) is 15.8. The molecule has 0 saturated carbocycles. The minimum absolute atomic E-state index is 0.00158. The van der Waals surface area contributed by atoms with Crippen molar-refractivity contribution in [3.63, 3.8) is 0 Å². The summed E-state index contributed by atoms with van der Waals surface area (Å²) in [5.41, 5.74) is 0.564. The number of carbonyl (C=O) groups is 2. The zero-order valence-corrected chi connectivity index (χ0v) is 13.4. The van der Waals surface area contributed by atoms with E-state index in [1.54, 1.807) is 36.7 Å². The van der Waals surface area contributed by atoms with E-state index in [1.807, 2.05) is 0 Å². The van der Waals surface area contributed by atoms with Gasteiger partial charge in [0.25, 0.3) is 0 Å². The van der Waals surface area contributed by atoms with Crippen molar-refractivity contribution in [2.24, 2.45) is 0 Å². The molecule has 8 heteroatoms. The minimum Gasteiger partial charge on any atom is -0.497 e. The van der Waals surface area contributed by atoms with Gasteiger partial charge in [0, 0.05) is 24.0 Å². The number of ether oxygens (including phenoxy) is 2. The SMILES string of the molecule is COc1ccc(C(CC(=O)O)NC(=O)Cn2cccn2)c(OC)c1. The van der Waals surface area contributed by atoms with Crippen LogP contribution in [0.25, 0.3) is 0 Å². The molecule has 1 unspecified atom stereocenters. The first-order chi connectivity index (χ1) is 11.5. The Bertz CT molecular complexity index is 700. The van der Waals surface area contributed by atoms with Crippen LogP contribution in [-0.4, -0.2) is 41.0 Å². The van der Waals surface area contributed by atoms with E-state index in [4.69, 9.17) is 14.6 Å². The summed E-state index contributed by atoms with van der Waals surface area (Å²) in [7, 11) is 3.00. The minimum atomic E-state index is -1.03. The average molecular weight is 333 g/mol. The van der Waals surface area contributed by atoms with Crippen LogP contribution >= 0.6 is 0 Å². The van der Waals surface area contributed by atoms with Crippen LogP contribution in [0.15, 0.2) is 36.7 Å². The lowest BCUT2D eigenvalue weighted by atomic mass is 10.0. The van der Waals surface area contributed by atoms with Gasteiger partial charge in [-0.3, -0.25) is 14.3 Å². The second-order valence-corrected chi connectivity index (χ2v) is 5.03. The number of carboxylic acid groups (broad SMARTS) is 1. The highest BCUT2D eigenvalue weighted by Gasteiger charge is 2.22. The average Bonchev–Trinajstić information content (AvgIpc) is 3.05. The zero-order valence-electron chi connectivity index (χ0n) is 13.4. The van der Waals surface area contributed by atoms with E-state index < -0.39 is 12.0 Å². The van der Waals surface area contributed by atoms with Crippen LogP contribution in [0, 0.1) is 0 Å². The van der Waals surface area contributed by atoms with E-state index in [1.165, 1.54) is 18.9 Å². The van der Waals surface area contributed by atoms with E-state index in [-0.39, 0.29) is 18.9 Å². The van der Waals surface area contributed by atoms with Gasteiger partial charge >= 0.3 is 5.97 Å². The smallest absolute Gasteiger partial charge is 0.305 e. The number of benzene rings is 1. The summed E-state index contributed by atoms with van der Waals surface area (Å²) < 4.78 is 11.9. The van der Waals surface area contributed by atoms with Gasteiger partial charge in [-0.15, -0.1) is 0 Å². The Morgan fingerprint density at radius 2 is 2.12 bits per heavy atom. The monoisotopic (exact) mass is 333 g/mol. The van der Waals surface area contributed by atoms with Gasteiger partial charge in [0.05, 0.1) is 26.7 Å². The number of hydrogen-bond acceptors (Lipinski definition) is 5. The van der Waals surface area contributed by atoms with Crippen molar-refractivity contribution in [3.8, 4) is 11.5 Å². The normalized spacial score (nSPS) is 11.6. The second-order valence-electron chi connectivity index (χ2n) is 5.03. The Labute approximate surface area is 139 Å². The lowest BCUT2D eigenvalue weighted by molar-refractivity contribution is -0.137. The van der Waals surface area contributed by atoms with Crippen molar-refractivity contribution in [1.82, 2.24) is 15.1 Å². The van der Waals surface area contributed by atoms with E-state index in [0.717, 1.165) is 0 Å². The maximum atomic E-state index is 12.2. The number of nitrogens with zero attached hydrogens (tertiary/aromatic N) is 2. The maximum absolute atomic E-state index is 12.2. The van der Waals surface area contributed by atoms with Crippen molar-refractivity contribution in [3.05, 3.63) is 42.2 Å². The fourth-order valence-corrected chi connectivity index (χ4v) is 2.30. The highest BCUT2D eigenvalue weighted by atomic mass is 16.5. The Kier molecular flexibility index (Phi) is 5.78. The number of nitrogens with one attached hydrogen (secondary N) is 1. The van der Waals surface area contributed by atoms with E-state index >= 15 is 0 Å². The van der Waals surface area contributed by atoms with Crippen LogP contribution in [0.2, 0.25) is 0 Å². The molecule has 24 heavy (non-hydrogen) atoms. The number of carbonyl (C=O) groups excluding carboxylic acids is 1. The van der Waals surface area contributed by atoms with Crippen LogP contribution in [-0.2, 0) is 16.1 Å². The van der Waals surface area contributed by atoms with Gasteiger partial charge in [-0.1, -0.05) is 0 Å². The number of aliphatic carboxylic acids is 1. The predicted molar refractivity (Wildman–Crippen MR) is 84.9 cm³/mol. The van der Waals surface area contributed by atoms with Gasteiger partial charge in [-0.05, 0) is 18.2 Å². The molecule has 0 aliphatic heterocycles. The summed E-state index contributed by atoms with van der Waals surface area (Å²) in [6.07, 6.45) is 2.95. The van der Waals surface area contributed by atoms with Crippen LogP contribution in [0.3, 0.4) is 0 Å². The largest absolute Gasteiger partial charge is 0.497 e. The van der Waals surface area contributed by atoms with Gasteiger partial charge in [-0.2, -0.15) is 5.10 Å². The Morgan fingerprint density at radius 1 is 1.33 bits per heavy atom. The van der Waals surface area contributed by atoms with Crippen LogP contribution in [0.4, 0.5) is 0 Å². The topological polar surface area (TPSA) is 103 Å². The van der Waals surface area contributed by atoms with Crippen molar-refractivity contribution in [2.45, 2.75) is 19.0 Å². The molecule has 2 aromatic rings. The molecular formula is C16H19N3O5. The first-order valence-electron chi connectivity index (χ1n) is 7.24. The highest BCUT2D eigenvalue weighted by molar-refractivity contribution is 5.77. The summed E-state index contributed by atoms with van der Waals surface area (Å²) in [6.45, 7) is 0.00158. The lowest BCUT2D eigenvalue weighted by Gasteiger charge is -2.20. The number of aromatic nitrogens is 2. The van der Waals surface area contributed by atoms with Gasteiger partial charge in [-0.25, -0.2) is 0 Å².